The number of nitrogens with zero attached hydrogens (tertiary/aromatic N) is 1. The molecule has 0 aliphatic heterocycles. The molecule has 0 radical (unpaired) electrons. The van der Waals surface area contributed by atoms with Crippen molar-refractivity contribution in [3.05, 3.63) is 81.4 Å². The lowest BCUT2D eigenvalue weighted by atomic mass is 10.0. The summed E-state index contributed by atoms with van der Waals surface area (Å²) < 4.78 is 0.860. The monoisotopic (exact) mass is 458 g/mol. The van der Waals surface area contributed by atoms with Crippen LogP contribution in [0.25, 0.3) is 10.8 Å². The molecular weight excluding hydrogens is 439 g/mol. The molecule has 2 amide bonds. The van der Waals surface area contributed by atoms with E-state index < -0.39 is 0 Å². The highest BCUT2D eigenvalue weighted by Crippen LogP contribution is 2.19. The zero-order valence-corrected chi connectivity index (χ0v) is 16.6. The van der Waals surface area contributed by atoms with E-state index in [1.807, 2.05) is 42.5 Å². The number of likely N-dealkylation sites (N-methyl/N-ethyl adjacent to an activating group) is 1. The first kappa shape index (κ1) is 18.4. The van der Waals surface area contributed by atoms with Gasteiger partial charge < -0.3 is 10.2 Å². The molecule has 0 fully saturated rings. The molecule has 5 heteroatoms. The van der Waals surface area contributed by atoms with Crippen molar-refractivity contribution in [2.24, 2.45) is 0 Å². The molecule has 0 atom stereocenters. The highest BCUT2D eigenvalue weighted by atomic mass is 127. The predicted octanol–water partition coefficient (Wildman–Crippen LogP) is 3.83. The van der Waals surface area contributed by atoms with Gasteiger partial charge >= 0.3 is 0 Å². The third-order valence-corrected chi connectivity index (χ3v) is 5.17. The topological polar surface area (TPSA) is 49.4 Å². The zero-order valence-electron chi connectivity index (χ0n) is 14.4. The largest absolute Gasteiger partial charge is 0.343 e. The van der Waals surface area contributed by atoms with Crippen molar-refractivity contribution in [2.75, 3.05) is 13.6 Å². The molecule has 1 N–H and O–H groups in total. The average Bonchev–Trinajstić information content (AvgIpc) is 2.66. The van der Waals surface area contributed by atoms with E-state index in [2.05, 4.69) is 46.1 Å². The van der Waals surface area contributed by atoms with Gasteiger partial charge in [-0.1, -0.05) is 54.6 Å². The maximum Gasteiger partial charge on any atom is 0.252 e. The van der Waals surface area contributed by atoms with Crippen molar-refractivity contribution < 1.29 is 9.59 Å². The Hall–Kier alpha value is -2.41. The number of carbonyl (C=O) groups excluding carboxylic acids is 2. The molecule has 0 aromatic heterocycles. The Morgan fingerprint density at radius 3 is 2.46 bits per heavy atom. The van der Waals surface area contributed by atoms with E-state index >= 15 is 0 Å². The van der Waals surface area contributed by atoms with Gasteiger partial charge in [-0.3, -0.25) is 9.59 Å². The maximum atomic E-state index is 12.4. The summed E-state index contributed by atoms with van der Waals surface area (Å²) in [7, 11) is 1.75. The Bertz CT molecular complexity index is 950. The number of amides is 2. The van der Waals surface area contributed by atoms with Crippen LogP contribution < -0.4 is 5.32 Å². The first-order chi connectivity index (χ1) is 12.6. The van der Waals surface area contributed by atoms with Crippen LogP contribution in [0.15, 0.2) is 66.7 Å². The van der Waals surface area contributed by atoms with E-state index in [-0.39, 0.29) is 18.4 Å². The van der Waals surface area contributed by atoms with Crippen LogP contribution in [-0.2, 0) is 11.3 Å². The van der Waals surface area contributed by atoms with Gasteiger partial charge in [-0.15, -0.1) is 0 Å². The van der Waals surface area contributed by atoms with Crippen LogP contribution in [0, 0.1) is 3.57 Å². The highest BCUT2D eigenvalue weighted by Gasteiger charge is 2.14. The van der Waals surface area contributed by atoms with Gasteiger partial charge in [0.25, 0.3) is 5.91 Å². The van der Waals surface area contributed by atoms with Gasteiger partial charge in [-0.05, 0) is 51.1 Å². The summed E-state index contributed by atoms with van der Waals surface area (Å²) in [6, 6.07) is 21.5. The van der Waals surface area contributed by atoms with Gasteiger partial charge in [-0.25, -0.2) is 0 Å². The van der Waals surface area contributed by atoms with E-state index in [1.165, 1.54) is 0 Å². The van der Waals surface area contributed by atoms with E-state index in [4.69, 9.17) is 0 Å². The summed E-state index contributed by atoms with van der Waals surface area (Å²) in [5, 5.41) is 5.00. The number of rotatable bonds is 5. The van der Waals surface area contributed by atoms with Crippen LogP contribution in [0.5, 0.6) is 0 Å². The van der Waals surface area contributed by atoms with Crippen molar-refractivity contribution in [2.45, 2.75) is 6.54 Å². The quantitative estimate of drug-likeness (QED) is 0.591. The van der Waals surface area contributed by atoms with E-state index in [0.29, 0.717) is 12.1 Å². The molecule has 0 bridgehead atoms. The van der Waals surface area contributed by atoms with Gasteiger partial charge in [-0.2, -0.15) is 0 Å². The third-order valence-electron chi connectivity index (χ3n) is 4.23. The Labute approximate surface area is 166 Å². The summed E-state index contributed by atoms with van der Waals surface area (Å²) in [5.74, 6) is -0.362. The Balaban J connectivity index is 1.63. The normalized spacial score (nSPS) is 10.5. The molecule has 3 rings (SSSR count). The van der Waals surface area contributed by atoms with Gasteiger partial charge in [0.1, 0.15) is 0 Å². The molecular formula is C21H19IN2O2. The summed E-state index contributed by atoms with van der Waals surface area (Å²) in [6.45, 7) is 0.476. The van der Waals surface area contributed by atoms with Crippen molar-refractivity contribution in [3.8, 4) is 0 Å². The number of hydrogen-bond donors (Lipinski definition) is 1. The molecule has 0 heterocycles. The van der Waals surface area contributed by atoms with E-state index in [9.17, 15) is 9.59 Å². The van der Waals surface area contributed by atoms with Crippen LogP contribution >= 0.6 is 22.6 Å². The Morgan fingerprint density at radius 2 is 1.65 bits per heavy atom. The molecule has 0 aliphatic rings. The molecule has 3 aromatic rings. The number of fused-ring (bicyclic) bond motifs is 1. The highest BCUT2D eigenvalue weighted by molar-refractivity contribution is 14.1. The smallest absolute Gasteiger partial charge is 0.252 e. The van der Waals surface area contributed by atoms with E-state index in [0.717, 1.165) is 19.9 Å². The molecule has 0 unspecified atom stereocenters. The van der Waals surface area contributed by atoms with Crippen molar-refractivity contribution in [3.63, 3.8) is 0 Å². The molecule has 3 aromatic carbocycles. The second kappa shape index (κ2) is 8.31. The van der Waals surface area contributed by atoms with Crippen LogP contribution in [0.4, 0.5) is 0 Å². The minimum Gasteiger partial charge on any atom is -0.343 e. The van der Waals surface area contributed by atoms with Crippen LogP contribution in [0.1, 0.15) is 15.9 Å². The lowest BCUT2D eigenvalue weighted by Crippen LogP contribution is -2.38. The molecule has 26 heavy (non-hydrogen) atoms. The summed E-state index contributed by atoms with van der Waals surface area (Å²) in [6.07, 6.45) is 0. The minimum absolute atomic E-state index is 0.0227. The number of nitrogens with one attached hydrogen (secondary N) is 1. The molecule has 0 saturated carbocycles. The predicted molar refractivity (Wildman–Crippen MR) is 112 cm³/mol. The second-order valence-corrected chi connectivity index (χ2v) is 7.21. The first-order valence-electron chi connectivity index (χ1n) is 8.29. The summed E-state index contributed by atoms with van der Waals surface area (Å²) in [5.41, 5.74) is 1.67. The Morgan fingerprint density at radius 1 is 0.962 bits per heavy atom. The maximum absolute atomic E-state index is 12.4. The third kappa shape index (κ3) is 4.22. The fourth-order valence-electron chi connectivity index (χ4n) is 2.81. The molecule has 0 saturated heterocycles. The van der Waals surface area contributed by atoms with Crippen molar-refractivity contribution in [1.82, 2.24) is 10.2 Å². The SMILES string of the molecule is CN(Cc1cccc2ccccc12)C(=O)CNC(=O)c1ccccc1I. The molecule has 0 spiro atoms. The number of benzene rings is 3. The number of halogens is 1. The Kier molecular flexibility index (Phi) is 5.88. The van der Waals surface area contributed by atoms with Crippen molar-refractivity contribution >= 4 is 45.2 Å². The fourth-order valence-corrected chi connectivity index (χ4v) is 3.44. The minimum atomic E-state index is -0.234. The standard InChI is InChI=1S/C21H19IN2O2/c1-24(14-16-9-6-8-15-7-2-3-10-17(15)16)20(25)13-23-21(26)18-11-4-5-12-19(18)22/h2-12H,13-14H2,1H3,(H,23,26). The first-order valence-corrected chi connectivity index (χ1v) is 9.37. The van der Waals surface area contributed by atoms with E-state index in [1.54, 1.807) is 18.0 Å². The lowest BCUT2D eigenvalue weighted by Gasteiger charge is -2.19. The molecule has 0 aliphatic carbocycles. The van der Waals surface area contributed by atoms with Gasteiger partial charge in [0.15, 0.2) is 0 Å². The van der Waals surface area contributed by atoms with Gasteiger partial charge in [0.2, 0.25) is 5.91 Å². The van der Waals surface area contributed by atoms with Gasteiger partial charge in [0, 0.05) is 17.2 Å². The fraction of sp³-hybridized carbons (Fsp3) is 0.143. The van der Waals surface area contributed by atoms with Crippen LogP contribution in [0.3, 0.4) is 0 Å². The number of carbonyl (C=O) groups is 2. The summed E-state index contributed by atoms with van der Waals surface area (Å²) >= 11 is 2.11. The second-order valence-electron chi connectivity index (χ2n) is 6.05. The number of hydrogen-bond acceptors (Lipinski definition) is 2. The van der Waals surface area contributed by atoms with Crippen molar-refractivity contribution in [1.29, 1.82) is 0 Å². The summed E-state index contributed by atoms with van der Waals surface area (Å²) in [4.78, 5) is 26.3. The van der Waals surface area contributed by atoms with Crippen LogP contribution in [-0.4, -0.2) is 30.3 Å². The molecule has 4 nitrogen and oxygen atoms in total. The van der Waals surface area contributed by atoms with Crippen LogP contribution in [0.2, 0.25) is 0 Å². The lowest BCUT2D eigenvalue weighted by molar-refractivity contribution is -0.129. The van der Waals surface area contributed by atoms with Gasteiger partial charge in [0.05, 0.1) is 12.1 Å². The zero-order chi connectivity index (χ0) is 18.5. The molecule has 132 valence electrons. The average molecular weight is 458 g/mol.